The molecule has 0 amide bonds. The van der Waals surface area contributed by atoms with Gasteiger partial charge in [0.2, 0.25) is 0 Å². The third-order valence-electron chi connectivity index (χ3n) is 1.91. The molecular weight excluding hydrogens is 220 g/mol. The molecular formula is C13H20O4. The van der Waals surface area contributed by atoms with E-state index in [1.807, 2.05) is 39.0 Å². The molecule has 1 atom stereocenters. The topological polar surface area (TPSA) is 58.9 Å². The van der Waals surface area contributed by atoms with Gasteiger partial charge in [-0.25, -0.2) is 0 Å². The van der Waals surface area contributed by atoms with E-state index >= 15 is 0 Å². The zero-order valence-electron chi connectivity index (χ0n) is 10.5. The first-order valence-electron chi connectivity index (χ1n) is 5.62. The van der Waals surface area contributed by atoms with Crippen molar-refractivity contribution in [3.8, 4) is 11.5 Å². The number of ether oxygens (including phenoxy) is 2. The summed E-state index contributed by atoms with van der Waals surface area (Å²) < 4.78 is 11.1. The average Bonchev–Trinajstić information content (AvgIpc) is 2.25. The van der Waals surface area contributed by atoms with Crippen LogP contribution in [0.1, 0.15) is 20.8 Å². The van der Waals surface area contributed by atoms with Crippen molar-refractivity contribution in [3.05, 3.63) is 24.3 Å². The molecule has 0 bridgehead atoms. The molecule has 0 aliphatic rings. The molecule has 0 spiro atoms. The van der Waals surface area contributed by atoms with Crippen molar-refractivity contribution in [1.29, 1.82) is 0 Å². The molecule has 0 saturated heterocycles. The van der Waals surface area contributed by atoms with Crippen LogP contribution in [-0.4, -0.2) is 35.1 Å². The van der Waals surface area contributed by atoms with Gasteiger partial charge in [0, 0.05) is 0 Å². The Labute approximate surface area is 102 Å². The van der Waals surface area contributed by atoms with E-state index < -0.39 is 6.10 Å². The summed E-state index contributed by atoms with van der Waals surface area (Å²) in [5.41, 5.74) is -0.310. The van der Waals surface area contributed by atoms with Gasteiger partial charge in [-0.05, 0) is 32.9 Å². The minimum absolute atomic E-state index is 0.0427. The summed E-state index contributed by atoms with van der Waals surface area (Å²) in [6, 6.07) is 7.27. The van der Waals surface area contributed by atoms with Gasteiger partial charge in [-0.15, -0.1) is 0 Å². The summed E-state index contributed by atoms with van der Waals surface area (Å²) in [4.78, 5) is 0. The van der Waals surface area contributed by atoms with Gasteiger partial charge in [0.05, 0.1) is 6.61 Å². The monoisotopic (exact) mass is 240 g/mol. The van der Waals surface area contributed by atoms with Crippen molar-refractivity contribution >= 4 is 0 Å². The first-order chi connectivity index (χ1) is 7.92. The highest BCUT2D eigenvalue weighted by Gasteiger charge is 2.15. The van der Waals surface area contributed by atoms with Crippen molar-refractivity contribution in [2.45, 2.75) is 32.5 Å². The van der Waals surface area contributed by atoms with Crippen LogP contribution < -0.4 is 9.47 Å². The molecule has 0 fully saturated rings. The Kier molecular flexibility index (Phi) is 4.78. The fourth-order valence-electron chi connectivity index (χ4n) is 1.22. The summed E-state index contributed by atoms with van der Waals surface area (Å²) in [5, 5.41) is 17.9. The molecule has 2 N–H and O–H groups in total. The second-order valence-corrected chi connectivity index (χ2v) is 4.81. The van der Waals surface area contributed by atoms with Crippen LogP contribution >= 0.6 is 0 Å². The van der Waals surface area contributed by atoms with E-state index in [0.29, 0.717) is 11.5 Å². The Morgan fingerprint density at radius 2 is 1.76 bits per heavy atom. The fourth-order valence-corrected chi connectivity index (χ4v) is 1.22. The number of hydrogen-bond acceptors (Lipinski definition) is 4. The van der Waals surface area contributed by atoms with Gasteiger partial charge in [0.25, 0.3) is 0 Å². The fraction of sp³-hybridized carbons (Fsp3) is 0.538. The molecule has 1 rings (SSSR count). The predicted molar refractivity (Wildman–Crippen MR) is 65.4 cm³/mol. The van der Waals surface area contributed by atoms with Gasteiger partial charge in [0.1, 0.15) is 18.3 Å². The van der Waals surface area contributed by atoms with Crippen LogP contribution in [0.2, 0.25) is 0 Å². The Balaban J connectivity index is 2.71. The summed E-state index contributed by atoms with van der Waals surface area (Å²) in [6.45, 7) is 5.58. The molecule has 96 valence electrons. The van der Waals surface area contributed by atoms with E-state index in [-0.39, 0.29) is 18.8 Å². The van der Waals surface area contributed by atoms with E-state index in [9.17, 15) is 5.11 Å². The quantitative estimate of drug-likeness (QED) is 0.820. The third kappa shape index (κ3) is 5.06. The van der Waals surface area contributed by atoms with Gasteiger partial charge >= 0.3 is 0 Å². The molecule has 4 heteroatoms. The smallest absolute Gasteiger partial charge is 0.161 e. The number of benzene rings is 1. The predicted octanol–water partition coefficient (Wildman–Crippen LogP) is 1.60. The Bertz CT molecular complexity index is 344. The molecule has 1 aromatic carbocycles. The molecule has 0 heterocycles. The van der Waals surface area contributed by atoms with Crippen molar-refractivity contribution < 1.29 is 19.7 Å². The van der Waals surface area contributed by atoms with Crippen molar-refractivity contribution in [2.24, 2.45) is 0 Å². The van der Waals surface area contributed by atoms with E-state index in [0.717, 1.165) is 0 Å². The lowest BCUT2D eigenvalue weighted by Crippen LogP contribution is -2.24. The van der Waals surface area contributed by atoms with E-state index in [1.54, 1.807) is 6.07 Å². The second-order valence-electron chi connectivity index (χ2n) is 4.81. The maximum absolute atomic E-state index is 9.23. The SMILES string of the molecule is CC(C)(C)Oc1ccccc1OC[C@H](O)CO. The van der Waals surface area contributed by atoms with E-state index in [1.165, 1.54) is 0 Å². The summed E-state index contributed by atoms with van der Waals surface area (Å²) in [7, 11) is 0. The third-order valence-corrected chi connectivity index (χ3v) is 1.91. The van der Waals surface area contributed by atoms with Crippen LogP contribution in [0, 0.1) is 0 Å². The Morgan fingerprint density at radius 1 is 1.18 bits per heavy atom. The van der Waals surface area contributed by atoms with E-state index in [4.69, 9.17) is 14.6 Å². The van der Waals surface area contributed by atoms with Crippen LogP contribution in [0.4, 0.5) is 0 Å². The largest absolute Gasteiger partial charge is 0.487 e. The minimum atomic E-state index is -0.877. The van der Waals surface area contributed by atoms with E-state index in [2.05, 4.69) is 0 Å². The van der Waals surface area contributed by atoms with Gasteiger partial charge in [-0.2, -0.15) is 0 Å². The van der Waals surface area contributed by atoms with Gasteiger partial charge in [0.15, 0.2) is 11.5 Å². The summed E-state index contributed by atoms with van der Waals surface area (Å²) >= 11 is 0. The highest BCUT2D eigenvalue weighted by atomic mass is 16.5. The minimum Gasteiger partial charge on any atom is -0.487 e. The first-order valence-corrected chi connectivity index (χ1v) is 5.62. The zero-order valence-corrected chi connectivity index (χ0v) is 10.5. The van der Waals surface area contributed by atoms with Crippen molar-refractivity contribution in [2.75, 3.05) is 13.2 Å². The lowest BCUT2D eigenvalue weighted by Gasteiger charge is -2.23. The molecule has 0 aliphatic carbocycles. The van der Waals surface area contributed by atoms with Crippen molar-refractivity contribution in [1.82, 2.24) is 0 Å². The zero-order chi connectivity index (χ0) is 12.9. The van der Waals surface area contributed by atoms with Crippen LogP contribution in [0.25, 0.3) is 0 Å². The Morgan fingerprint density at radius 3 is 2.29 bits per heavy atom. The number of aliphatic hydroxyl groups excluding tert-OH is 2. The molecule has 0 radical (unpaired) electrons. The molecule has 0 unspecified atom stereocenters. The van der Waals surface area contributed by atoms with Gasteiger partial charge in [-0.1, -0.05) is 12.1 Å². The number of hydrogen-bond donors (Lipinski definition) is 2. The number of para-hydroxylation sites is 2. The molecule has 0 saturated carbocycles. The van der Waals surface area contributed by atoms with Gasteiger partial charge < -0.3 is 19.7 Å². The second kappa shape index (κ2) is 5.89. The lowest BCUT2D eigenvalue weighted by atomic mass is 10.2. The molecule has 0 aliphatic heterocycles. The van der Waals surface area contributed by atoms with Gasteiger partial charge in [-0.3, -0.25) is 0 Å². The number of rotatable bonds is 5. The Hall–Kier alpha value is -1.26. The standard InChI is InChI=1S/C13H20O4/c1-13(2,3)17-12-7-5-4-6-11(12)16-9-10(15)8-14/h4-7,10,14-15H,8-9H2,1-3H3/t10-/m1/s1. The molecule has 17 heavy (non-hydrogen) atoms. The maximum atomic E-state index is 9.23. The highest BCUT2D eigenvalue weighted by Crippen LogP contribution is 2.29. The number of aliphatic hydroxyl groups is 2. The normalized spacial score (nSPS) is 13.2. The molecule has 1 aromatic rings. The molecule has 0 aromatic heterocycles. The van der Waals surface area contributed by atoms with Crippen molar-refractivity contribution in [3.63, 3.8) is 0 Å². The van der Waals surface area contributed by atoms with Crippen LogP contribution in [-0.2, 0) is 0 Å². The average molecular weight is 240 g/mol. The van der Waals surface area contributed by atoms with Crippen LogP contribution in [0.3, 0.4) is 0 Å². The highest BCUT2D eigenvalue weighted by molar-refractivity contribution is 5.39. The first kappa shape index (κ1) is 13.8. The summed E-state index contributed by atoms with van der Waals surface area (Å²) in [6.07, 6.45) is -0.877. The summed E-state index contributed by atoms with van der Waals surface area (Å²) in [5.74, 6) is 1.19. The van der Waals surface area contributed by atoms with Crippen LogP contribution in [0.5, 0.6) is 11.5 Å². The maximum Gasteiger partial charge on any atom is 0.161 e. The molecule has 4 nitrogen and oxygen atoms in total. The van der Waals surface area contributed by atoms with Crippen LogP contribution in [0.15, 0.2) is 24.3 Å². The lowest BCUT2D eigenvalue weighted by molar-refractivity contribution is 0.0502.